The summed E-state index contributed by atoms with van der Waals surface area (Å²) < 4.78 is 45.3. The molecule has 0 aromatic carbocycles. The van der Waals surface area contributed by atoms with Crippen LogP contribution in [0.25, 0.3) is 0 Å². The van der Waals surface area contributed by atoms with Gasteiger partial charge in [0.05, 0.1) is 12.2 Å². The third kappa shape index (κ3) is 3.80. The summed E-state index contributed by atoms with van der Waals surface area (Å²) in [5, 5.41) is 9.82. The van der Waals surface area contributed by atoms with Gasteiger partial charge in [-0.15, -0.1) is 0 Å². The third-order valence-electron chi connectivity index (χ3n) is 5.64. The number of esters is 1. The number of rotatable bonds is 5. The Hall–Kier alpha value is -1.05. The third-order valence-corrected chi connectivity index (χ3v) is 5.64. The maximum Gasteiger partial charge on any atom is 0.333 e. The van der Waals surface area contributed by atoms with Gasteiger partial charge in [0.1, 0.15) is 6.10 Å². The first-order valence-electron chi connectivity index (χ1n) is 9.03. The minimum Gasteiger partial charge on any atom is -0.459 e. The summed E-state index contributed by atoms with van der Waals surface area (Å²) in [7, 11) is 0. The van der Waals surface area contributed by atoms with Gasteiger partial charge in [0, 0.05) is 5.57 Å². The zero-order chi connectivity index (χ0) is 20.0. The molecule has 2 aliphatic rings. The van der Waals surface area contributed by atoms with E-state index in [0.717, 1.165) is 6.92 Å². The number of ether oxygens (including phenoxy) is 3. The van der Waals surface area contributed by atoms with E-state index in [0.29, 0.717) is 31.3 Å². The van der Waals surface area contributed by atoms with Crippen molar-refractivity contribution < 1.29 is 32.9 Å². The van der Waals surface area contributed by atoms with E-state index in [1.54, 1.807) is 20.8 Å². The summed E-state index contributed by atoms with van der Waals surface area (Å²) in [5.74, 6) is -6.46. The fourth-order valence-corrected chi connectivity index (χ4v) is 3.84. The van der Waals surface area contributed by atoms with Gasteiger partial charge in [0.15, 0.2) is 5.60 Å². The summed E-state index contributed by atoms with van der Waals surface area (Å²) >= 11 is 0. The molecular weight excluding hydrogens is 346 g/mol. The fourth-order valence-electron chi connectivity index (χ4n) is 3.84. The molecular formula is C19H30F2O5. The van der Waals surface area contributed by atoms with Crippen LogP contribution in [-0.2, 0) is 19.0 Å². The van der Waals surface area contributed by atoms with Gasteiger partial charge in [-0.25, -0.2) is 4.79 Å². The van der Waals surface area contributed by atoms with E-state index in [9.17, 15) is 18.7 Å². The van der Waals surface area contributed by atoms with Crippen LogP contribution in [0.3, 0.4) is 0 Å². The molecule has 1 N–H and O–H groups in total. The molecule has 2 atom stereocenters. The molecule has 2 unspecified atom stereocenters. The molecule has 1 saturated heterocycles. The maximum absolute atomic E-state index is 14.6. The molecule has 5 nitrogen and oxygen atoms in total. The first kappa shape index (κ1) is 21.3. The molecule has 0 radical (unpaired) electrons. The Balaban J connectivity index is 1.99. The summed E-state index contributed by atoms with van der Waals surface area (Å²) in [5.41, 5.74) is -2.40. The predicted molar refractivity (Wildman–Crippen MR) is 91.7 cm³/mol. The van der Waals surface area contributed by atoms with Gasteiger partial charge in [-0.05, 0) is 66.2 Å². The van der Waals surface area contributed by atoms with E-state index < -0.39 is 28.9 Å². The van der Waals surface area contributed by atoms with Gasteiger partial charge >= 0.3 is 11.9 Å². The van der Waals surface area contributed by atoms with Crippen LogP contribution in [0.2, 0.25) is 0 Å². The molecule has 0 amide bonds. The van der Waals surface area contributed by atoms with Gasteiger partial charge in [-0.2, -0.15) is 8.78 Å². The zero-order valence-corrected chi connectivity index (χ0v) is 16.2. The zero-order valence-electron chi connectivity index (χ0n) is 16.2. The Morgan fingerprint density at radius 3 is 2.19 bits per heavy atom. The second kappa shape index (κ2) is 6.84. The standard InChI is InChI=1S/C19H30F2O5/c1-12(2)15(22)25-14-9-7-13(8-10-14)16(3,4)26-17(5)11-24-18(6,23)19(17,20)21/h13-14,23H,1,7-11H2,2-6H3. The van der Waals surface area contributed by atoms with Crippen LogP contribution in [0, 0.1) is 5.92 Å². The van der Waals surface area contributed by atoms with Crippen molar-refractivity contribution in [2.45, 2.75) is 89.3 Å². The molecule has 0 bridgehead atoms. The van der Waals surface area contributed by atoms with Crippen LogP contribution in [0.15, 0.2) is 12.2 Å². The molecule has 7 heteroatoms. The number of carbonyl (C=O) groups is 1. The SMILES string of the molecule is C=C(C)C(=O)OC1CCC(C(C)(C)OC2(C)COC(C)(O)C2(F)F)CC1. The summed E-state index contributed by atoms with van der Waals surface area (Å²) in [6.07, 6.45) is 2.51. The second-order valence-electron chi connectivity index (χ2n) is 8.44. The average Bonchev–Trinajstić information content (AvgIpc) is 2.67. The quantitative estimate of drug-likeness (QED) is 0.587. The molecule has 1 saturated carbocycles. The Kier molecular flexibility index (Phi) is 5.59. The van der Waals surface area contributed by atoms with E-state index in [2.05, 4.69) is 6.58 Å². The number of aliphatic hydroxyl groups is 1. The van der Waals surface area contributed by atoms with Crippen LogP contribution < -0.4 is 0 Å². The van der Waals surface area contributed by atoms with Crippen molar-refractivity contribution in [3.05, 3.63) is 12.2 Å². The number of carbonyl (C=O) groups excluding carboxylic acids is 1. The molecule has 2 rings (SSSR count). The van der Waals surface area contributed by atoms with Crippen molar-refractivity contribution in [3.8, 4) is 0 Å². The minimum atomic E-state index is -3.54. The van der Waals surface area contributed by atoms with Gasteiger partial charge in [-0.1, -0.05) is 6.58 Å². The topological polar surface area (TPSA) is 65.0 Å². The molecule has 0 aromatic rings. The van der Waals surface area contributed by atoms with Crippen LogP contribution in [0.1, 0.15) is 60.3 Å². The predicted octanol–water partition coefficient (Wildman–Crippen LogP) is 3.59. The van der Waals surface area contributed by atoms with Crippen molar-refractivity contribution in [1.82, 2.24) is 0 Å². The Labute approximate surface area is 153 Å². The number of halogens is 2. The lowest BCUT2D eigenvalue weighted by molar-refractivity contribution is -0.302. The summed E-state index contributed by atoms with van der Waals surface area (Å²) in [4.78, 5) is 11.6. The lowest BCUT2D eigenvalue weighted by Gasteiger charge is -2.45. The molecule has 0 spiro atoms. The molecule has 0 aromatic heterocycles. The van der Waals surface area contributed by atoms with Crippen LogP contribution >= 0.6 is 0 Å². The molecule has 1 heterocycles. The van der Waals surface area contributed by atoms with Gasteiger partial charge in [0.2, 0.25) is 5.79 Å². The van der Waals surface area contributed by atoms with Crippen molar-refractivity contribution in [1.29, 1.82) is 0 Å². The largest absolute Gasteiger partial charge is 0.459 e. The maximum atomic E-state index is 14.6. The number of hydrogen-bond acceptors (Lipinski definition) is 5. The van der Waals surface area contributed by atoms with Crippen molar-refractivity contribution in [2.75, 3.05) is 6.61 Å². The molecule has 1 aliphatic carbocycles. The molecule has 150 valence electrons. The number of alkyl halides is 2. The summed E-state index contributed by atoms with van der Waals surface area (Å²) in [6.45, 7) is 10.6. The Bertz CT molecular complexity index is 564. The highest BCUT2D eigenvalue weighted by Crippen LogP contribution is 2.50. The monoisotopic (exact) mass is 376 g/mol. The van der Waals surface area contributed by atoms with E-state index in [1.807, 2.05) is 0 Å². The first-order chi connectivity index (χ1) is 11.7. The van der Waals surface area contributed by atoms with Crippen molar-refractivity contribution in [2.24, 2.45) is 5.92 Å². The fraction of sp³-hybridized carbons (Fsp3) is 0.842. The Morgan fingerprint density at radius 1 is 1.23 bits per heavy atom. The molecule has 1 aliphatic heterocycles. The van der Waals surface area contributed by atoms with Gasteiger partial charge in [0.25, 0.3) is 0 Å². The number of hydrogen-bond donors (Lipinski definition) is 1. The highest BCUT2D eigenvalue weighted by Gasteiger charge is 2.70. The molecule has 26 heavy (non-hydrogen) atoms. The first-order valence-corrected chi connectivity index (χ1v) is 9.03. The van der Waals surface area contributed by atoms with Crippen LogP contribution in [0.5, 0.6) is 0 Å². The van der Waals surface area contributed by atoms with Crippen molar-refractivity contribution >= 4 is 5.97 Å². The lowest BCUT2D eigenvalue weighted by Crippen LogP contribution is -2.58. The summed E-state index contributed by atoms with van der Waals surface area (Å²) in [6, 6.07) is 0. The lowest BCUT2D eigenvalue weighted by atomic mass is 9.77. The van der Waals surface area contributed by atoms with Gasteiger partial charge < -0.3 is 19.3 Å². The van der Waals surface area contributed by atoms with E-state index >= 15 is 0 Å². The average molecular weight is 376 g/mol. The smallest absolute Gasteiger partial charge is 0.333 e. The second-order valence-corrected chi connectivity index (χ2v) is 8.44. The highest BCUT2D eigenvalue weighted by molar-refractivity contribution is 5.87. The minimum absolute atomic E-state index is 0.0282. The van der Waals surface area contributed by atoms with E-state index in [-0.39, 0.29) is 18.6 Å². The van der Waals surface area contributed by atoms with Crippen LogP contribution in [0.4, 0.5) is 8.78 Å². The van der Waals surface area contributed by atoms with Gasteiger partial charge in [-0.3, -0.25) is 0 Å². The molecule has 2 fully saturated rings. The normalized spacial score (nSPS) is 37.4. The van der Waals surface area contributed by atoms with E-state index in [4.69, 9.17) is 14.2 Å². The van der Waals surface area contributed by atoms with Crippen LogP contribution in [-0.4, -0.2) is 46.7 Å². The highest BCUT2D eigenvalue weighted by atomic mass is 19.3. The van der Waals surface area contributed by atoms with Crippen molar-refractivity contribution in [3.63, 3.8) is 0 Å². The Morgan fingerprint density at radius 2 is 1.77 bits per heavy atom. The van der Waals surface area contributed by atoms with E-state index in [1.165, 1.54) is 6.92 Å².